The lowest BCUT2D eigenvalue weighted by atomic mass is 10.2. The lowest BCUT2D eigenvalue weighted by Crippen LogP contribution is -2.02. The maximum atomic E-state index is 12.5. The van der Waals surface area contributed by atoms with Crippen LogP contribution in [-0.4, -0.2) is 13.4 Å². The van der Waals surface area contributed by atoms with E-state index in [-0.39, 0.29) is 14.9 Å². The highest BCUT2D eigenvalue weighted by atomic mass is 35.5. The van der Waals surface area contributed by atoms with E-state index in [9.17, 15) is 8.42 Å². The monoisotopic (exact) mass is 333 g/mol. The molecule has 6 heteroatoms. The molecule has 0 aliphatic heterocycles. The lowest BCUT2D eigenvalue weighted by molar-refractivity contribution is 0.548. The highest BCUT2D eigenvalue weighted by Gasteiger charge is 2.18. The highest BCUT2D eigenvalue weighted by Crippen LogP contribution is 2.26. The van der Waals surface area contributed by atoms with Gasteiger partial charge in [0.15, 0.2) is 0 Å². The molecule has 0 aliphatic carbocycles. The van der Waals surface area contributed by atoms with Crippen LogP contribution in [0.4, 0.5) is 0 Å². The number of aryl methyl sites for hydroxylation is 1. The highest BCUT2D eigenvalue weighted by molar-refractivity contribution is 7.91. The predicted octanol–water partition coefficient (Wildman–Crippen LogP) is 4.14. The van der Waals surface area contributed by atoms with Crippen molar-refractivity contribution in [2.75, 3.05) is 0 Å². The van der Waals surface area contributed by atoms with Gasteiger partial charge in [-0.05, 0) is 55.5 Å². The standard InChI is InChI=1S/C16H12ClNO3S/c1-11-2-7-15(21-11)12-3-5-13(6-4-12)22(19,20)14-8-9-18-16(17)10-14/h2-10H,1H3. The van der Waals surface area contributed by atoms with Gasteiger partial charge in [-0.15, -0.1) is 0 Å². The molecule has 0 unspecified atom stereocenters. The number of rotatable bonds is 3. The Morgan fingerprint density at radius 1 is 1.00 bits per heavy atom. The van der Waals surface area contributed by atoms with Crippen LogP contribution in [-0.2, 0) is 9.84 Å². The minimum Gasteiger partial charge on any atom is -0.461 e. The van der Waals surface area contributed by atoms with Gasteiger partial charge in [-0.2, -0.15) is 0 Å². The van der Waals surface area contributed by atoms with E-state index in [4.69, 9.17) is 16.0 Å². The maximum absolute atomic E-state index is 12.5. The summed E-state index contributed by atoms with van der Waals surface area (Å²) in [5, 5.41) is 0.142. The number of nitrogens with zero attached hydrogens (tertiary/aromatic N) is 1. The first kappa shape index (κ1) is 14.8. The molecule has 0 bridgehead atoms. The summed E-state index contributed by atoms with van der Waals surface area (Å²) < 4.78 is 30.6. The quantitative estimate of drug-likeness (QED) is 0.676. The third-order valence-corrected chi connectivity index (χ3v) is 5.17. The van der Waals surface area contributed by atoms with Gasteiger partial charge in [0.25, 0.3) is 0 Å². The van der Waals surface area contributed by atoms with Crippen LogP contribution in [0.3, 0.4) is 0 Å². The molecule has 2 aromatic heterocycles. The number of aromatic nitrogens is 1. The van der Waals surface area contributed by atoms with Gasteiger partial charge in [-0.3, -0.25) is 0 Å². The average molecular weight is 334 g/mol. The van der Waals surface area contributed by atoms with Crippen molar-refractivity contribution in [1.29, 1.82) is 0 Å². The molecule has 3 aromatic rings. The molecular formula is C16H12ClNO3S. The summed E-state index contributed by atoms with van der Waals surface area (Å²) in [7, 11) is -3.61. The summed E-state index contributed by atoms with van der Waals surface area (Å²) >= 11 is 5.76. The van der Waals surface area contributed by atoms with Crippen molar-refractivity contribution in [2.45, 2.75) is 16.7 Å². The fraction of sp³-hybridized carbons (Fsp3) is 0.0625. The zero-order valence-electron chi connectivity index (χ0n) is 11.7. The van der Waals surface area contributed by atoms with Crippen molar-refractivity contribution in [3.63, 3.8) is 0 Å². The van der Waals surface area contributed by atoms with Gasteiger partial charge >= 0.3 is 0 Å². The van der Waals surface area contributed by atoms with Crippen molar-refractivity contribution in [1.82, 2.24) is 4.98 Å². The Kier molecular flexibility index (Phi) is 3.76. The number of pyridine rings is 1. The SMILES string of the molecule is Cc1ccc(-c2ccc(S(=O)(=O)c3ccnc(Cl)c3)cc2)o1. The van der Waals surface area contributed by atoms with E-state index in [1.807, 2.05) is 19.1 Å². The molecule has 22 heavy (non-hydrogen) atoms. The van der Waals surface area contributed by atoms with E-state index >= 15 is 0 Å². The van der Waals surface area contributed by atoms with Crippen LogP contribution in [0, 0.1) is 6.92 Å². The number of furan rings is 1. The Morgan fingerprint density at radius 2 is 1.73 bits per heavy atom. The van der Waals surface area contributed by atoms with E-state index < -0.39 is 9.84 Å². The third kappa shape index (κ3) is 2.77. The second-order valence-electron chi connectivity index (χ2n) is 4.75. The molecule has 2 heterocycles. The second kappa shape index (κ2) is 5.59. The van der Waals surface area contributed by atoms with Gasteiger partial charge in [-0.1, -0.05) is 11.6 Å². The summed E-state index contributed by atoms with van der Waals surface area (Å²) in [4.78, 5) is 4.11. The summed E-state index contributed by atoms with van der Waals surface area (Å²) in [5.41, 5.74) is 0.819. The Labute approximate surface area is 133 Å². The Bertz CT molecular complexity index is 915. The van der Waals surface area contributed by atoms with Gasteiger partial charge in [0.2, 0.25) is 9.84 Å². The number of halogens is 1. The molecule has 0 spiro atoms. The largest absolute Gasteiger partial charge is 0.461 e. The Morgan fingerprint density at radius 3 is 2.32 bits per heavy atom. The van der Waals surface area contributed by atoms with Crippen LogP contribution in [0.5, 0.6) is 0 Å². The van der Waals surface area contributed by atoms with Gasteiger partial charge in [-0.25, -0.2) is 13.4 Å². The van der Waals surface area contributed by atoms with Gasteiger partial charge in [0.1, 0.15) is 16.7 Å². The minimum absolute atomic E-state index is 0.120. The average Bonchev–Trinajstić information content (AvgIpc) is 2.94. The molecule has 4 nitrogen and oxygen atoms in total. The minimum atomic E-state index is -3.61. The molecule has 0 saturated carbocycles. The second-order valence-corrected chi connectivity index (χ2v) is 7.09. The van der Waals surface area contributed by atoms with E-state index in [2.05, 4.69) is 4.98 Å². The zero-order chi connectivity index (χ0) is 15.7. The summed E-state index contributed by atoms with van der Waals surface area (Å²) in [5.74, 6) is 1.51. The Hall–Kier alpha value is -2.11. The predicted molar refractivity (Wildman–Crippen MR) is 83.6 cm³/mol. The van der Waals surface area contributed by atoms with Gasteiger partial charge < -0.3 is 4.42 Å². The van der Waals surface area contributed by atoms with Crippen LogP contribution >= 0.6 is 11.6 Å². The zero-order valence-corrected chi connectivity index (χ0v) is 13.2. The maximum Gasteiger partial charge on any atom is 0.206 e. The Balaban J connectivity index is 1.99. The molecule has 3 rings (SSSR count). The first-order valence-electron chi connectivity index (χ1n) is 6.50. The summed E-state index contributed by atoms with van der Waals surface area (Å²) in [6.07, 6.45) is 1.37. The first-order valence-corrected chi connectivity index (χ1v) is 8.36. The van der Waals surface area contributed by atoms with Crippen LogP contribution < -0.4 is 0 Å². The molecule has 0 atom stereocenters. The smallest absolute Gasteiger partial charge is 0.206 e. The fourth-order valence-corrected chi connectivity index (χ4v) is 3.59. The third-order valence-electron chi connectivity index (χ3n) is 3.20. The molecule has 0 radical (unpaired) electrons. The molecular weight excluding hydrogens is 322 g/mol. The number of benzene rings is 1. The van der Waals surface area contributed by atoms with Crippen LogP contribution in [0.2, 0.25) is 5.15 Å². The lowest BCUT2D eigenvalue weighted by Gasteiger charge is -2.05. The van der Waals surface area contributed by atoms with Crippen molar-refractivity contribution in [3.8, 4) is 11.3 Å². The normalized spacial score (nSPS) is 11.5. The van der Waals surface area contributed by atoms with Crippen molar-refractivity contribution in [2.24, 2.45) is 0 Å². The van der Waals surface area contributed by atoms with E-state index in [0.717, 1.165) is 11.3 Å². The molecule has 0 fully saturated rings. The summed E-state index contributed by atoms with van der Waals surface area (Å²) in [6, 6.07) is 13.0. The topological polar surface area (TPSA) is 60.2 Å². The first-order chi connectivity index (χ1) is 10.5. The van der Waals surface area contributed by atoms with Crippen molar-refractivity contribution >= 4 is 21.4 Å². The van der Waals surface area contributed by atoms with Gasteiger partial charge in [0.05, 0.1) is 9.79 Å². The number of sulfone groups is 1. The van der Waals surface area contributed by atoms with Crippen molar-refractivity contribution in [3.05, 3.63) is 65.6 Å². The number of hydrogen-bond donors (Lipinski definition) is 0. The van der Waals surface area contributed by atoms with Crippen LogP contribution in [0.15, 0.2) is 68.9 Å². The number of hydrogen-bond acceptors (Lipinski definition) is 4. The molecule has 0 aliphatic rings. The van der Waals surface area contributed by atoms with E-state index in [1.54, 1.807) is 24.3 Å². The van der Waals surface area contributed by atoms with Crippen molar-refractivity contribution < 1.29 is 12.8 Å². The molecule has 0 amide bonds. The van der Waals surface area contributed by atoms with Gasteiger partial charge in [0, 0.05) is 11.8 Å². The van der Waals surface area contributed by atoms with Crippen LogP contribution in [0.25, 0.3) is 11.3 Å². The van der Waals surface area contributed by atoms with E-state index in [1.165, 1.54) is 18.3 Å². The van der Waals surface area contributed by atoms with E-state index in [0.29, 0.717) is 5.76 Å². The summed E-state index contributed by atoms with van der Waals surface area (Å²) in [6.45, 7) is 1.86. The molecule has 1 aromatic carbocycles. The fourth-order valence-electron chi connectivity index (χ4n) is 2.08. The molecule has 0 N–H and O–H groups in total. The molecule has 0 saturated heterocycles. The molecule has 112 valence electrons. The van der Waals surface area contributed by atoms with Crippen LogP contribution in [0.1, 0.15) is 5.76 Å².